The first-order chi connectivity index (χ1) is 8.56. The van der Waals surface area contributed by atoms with Gasteiger partial charge in [0.15, 0.2) is 4.73 Å². The molecule has 0 saturated carbocycles. The Kier molecular flexibility index (Phi) is 3.94. The van der Waals surface area contributed by atoms with E-state index in [-0.39, 0.29) is 0 Å². The fourth-order valence-electron chi connectivity index (χ4n) is 1.92. The Morgan fingerprint density at radius 1 is 1.50 bits per heavy atom. The van der Waals surface area contributed by atoms with E-state index in [0.29, 0.717) is 16.3 Å². The van der Waals surface area contributed by atoms with Crippen molar-refractivity contribution < 1.29 is 4.74 Å². The molecule has 0 fully saturated rings. The van der Waals surface area contributed by atoms with E-state index in [1.165, 1.54) is 0 Å². The van der Waals surface area contributed by atoms with Crippen molar-refractivity contribution in [3.05, 3.63) is 33.1 Å². The number of H-pyrrole nitrogens is 1. The van der Waals surface area contributed by atoms with E-state index in [1.807, 2.05) is 19.1 Å². The SMILES string of the molecule is COc1c(C)cc(Cl)cc1-c1nc(Br)[nH]c1CN. The summed E-state index contributed by atoms with van der Waals surface area (Å²) >= 11 is 9.40. The van der Waals surface area contributed by atoms with Gasteiger partial charge in [-0.15, -0.1) is 0 Å². The largest absolute Gasteiger partial charge is 0.496 e. The summed E-state index contributed by atoms with van der Waals surface area (Å²) in [6, 6.07) is 3.68. The Morgan fingerprint density at radius 2 is 2.22 bits per heavy atom. The molecule has 0 amide bonds. The fourth-order valence-corrected chi connectivity index (χ4v) is 2.61. The number of hydrogen-bond donors (Lipinski definition) is 2. The third-order valence-electron chi connectivity index (χ3n) is 2.65. The highest BCUT2D eigenvalue weighted by atomic mass is 79.9. The van der Waals surface area contributed by atoms with Crippen LogP contribution in [-0.2, 0) is 6.54 Å². The smallest absolute Gasteiger partial charge is 0.175 e. The average Bonchev–Trinajstić information content (AvgIpc) is 2.69. The number of halogens is 2. The van der Waals surface area contributed by atoms with Gasteiger partial charge in [0.05, 0.1) is 18.5 Å². The number of rotatable bonds is 3. The number of nitrogens with two attached hydrogens (primary N) is 1. The lowest BCUT2D eigenvalue weighted by Crippen LogP contribution is -2.00. The second-order valence-electron chi connectivity index (χ2n) is 3.86. The van der Waals surface area contributed by atoms with E-state index in [9.17, 15) is 0 Å². The number of hydrogen-bond acceptors (Lipinski definition) is 3. The molecule has 2 aromatic rings. The molecule has 1 aromatic heterocycles. The zero-order valence-electron chi connectivity index (χ0n) is 10.1. The first-order valence-electron chi connectivity index (χ1n) is 5.35. The van der Waals surface area contributed by atoms with Gasteiger partial charge in [-0.2, -0.15) is 0 Å². The van der Waals surface area contributed by atoms with E-state index in [4.69, 9.17) is 22.1 Å². The zero-order valence-corrected chi connectivity index (χ0v) is 12.4. The quantitative estimate of drug-likeness (QED) is 0.908. The minimum Gasteiger partial charge on any atom is -0.496 e. The molecule has 6 heteroatoms. The third-order valence-corrected chi connectivity index (χ3v) is 3.25. The van der Waals surface area contributed by atoms with Crippen molar-refractivity contribution >= 4 is 27.5 Å². The Bertz CT molecular complexity index is 583. The average molecular weight is 331 g/mol. The molecule has 0 unspecified atom stereocenters. The molecule has 0 atom stereocenters. The summed E-state index contributed by atoms with van der Waals surface area (Å²) in [5.74, 6) is 0.758. The minimum atomic E-state index is 0.364. The van der Waals surface area contributed by atoms with Gasteiger partial charge in [-0.05, 0) is 40.5 Å². The molecule has 1 heterocycles. The highest BCUT2D eigenvalue weighted by Gasteiger charge is 2.16. The number of aryl methyl sites for hydroxylation is 1. The van der Waals surface area contributed by atoms with Gasteiger partial charge in [-0.1, -0.05) is 11.6 Å². The molecule has 0 saturated heterocycles. The van der Waals surface area contributed by atoms with Gasteiger partial charge in [0.2, 0.25) is 0 Å². The van der Waals surface area contributed by atoms with E-state index in [2.05, 4.69) is 25.9 Å². The molecule has 0 radical (unpaired) electrons. The van der Waals surface area contributed by atoms with E-state index in [1.54, 1.807) is 7.11 Å². The molecule has 0 aliphatic carbocycles. The summed E-state index contributed by atoms with van der Waals surface area (Å²) in [6.45, 7) is 2.31. The minimum absolute atomic E-state index is 0.364. The Labute approximate surface area is 119 Å². The second kappa shape index (κ2) is 5.30. The van der Waals surface area contributed by atoms with Crippen LogP contribution in [0.1, 0.15) is 11.3 Å². The van der Waals surface area contributed by atoms with E-state index >= 15 is 0 Å². The standard InChI is InChI=1S/C12H13BrClN3O/c1-6-3-7(14)4-8(11(6)18-2)10-9(5-15)16-12(13)17-10/h3-4H,5,15H2,1-2H3,(H,16,17). The zero-order chi connectivity index (χ0) is 13.3. The highest BCUT2D eigenvalue weighted by Crippen LogP contribution is 2.36. The van der Waals surface area contributed by atoms with Crippen LogP contribution >= 0.6 is 27.5 Å². The molecule has 0 aliphatic heterocycles. The van der Waals surface area contributed by atoms with Crippen molar-refractivity contribution in [2.45, 2.75) is 13.5 Å². The van der Waals surface area contributed by atoms with Gasteiger partial charge in [0.25, 0.3) is 0 Å². The van der Waals surface area contributed by atoms with Crippen LogP contribution in [-0.4, -0.2) is 17.1 Å². The number of aromatic amines is 1. The fraction of sp³-hybridized carbons (Fsp3) is 0.250. The summed E-state index contributed by atoms with van der Waals surface area (Å²) < 4.78 is 6.06. The highest BCUT2D eigenvalue weighted by molar-refractivity contribution is 9.10. The van der Waals surface area contributed by atoms with Crippen molar-refractivity contribution in [2.75, 3.05) is 7.11 Å². The van der Waals surface area contributed by atoms with Gasteiger partial charge in [0.1, 0.15) is 5.75 Å². The van der Waals surface area contributed by atoms with Crippen molar-refractivity contribution in [3.8, 4) is 17.0 Å². The van der Waals surface area contributed by atoms with Crippen molar-refractivity contribution in [2.24, 2.45) is 5.73 Å². The molecular formula is C12H13BrClN3O. The van der Waals surface area contributed by atoms with Gasteiger partial charge in [0, 0.05) is 17.1 Å². The monoisotopic (exact) mass is 329 g/mol. The Hall–Kier alpha value is -1.04. The molecular weight excluding hydrogens is 318 g/mol. The molecule has 0 bridgehead atoms. The number of methoxy groups -OCH3 is 1. The lowest BCUT2D eigenvalue weighted by molar-refractivity contribution is 0.413. The van der Waals surface area contributed by atoms with Crippen LogP contribution in [0.15, 0.2) is 16.9 Å². The molecule has 3 N–H and O–H groups in total. The van der Waals surface area contributed by atoms with Crippen LogP contribution in [0.4, 0.5) is 0 Å². The molecule has 0 aliphatic rings. The first kappa shape index (κ1) is 13.4. The molecule has 0 spiro atoms. The lowest BCUT2D eigenvalue weighted by Gasteiger charge is -2.11. The summed E-state index contributed by atoms with van der Waals surface area (Å²) in [5, 5.41) is 0.644. The topological polar surface area (TPSA) is 63.9 Å². The number of nitrogens with zero attached hydrogens (tertiary/aromatic N) is 1. The van der Waals surface area contributed by atoms with Crippen LogP contribution in [0.25, 0.3) is 11.3 Å². The normalized spacial score (nSPS) is 10.7. The third kappa shape index (κ3) is 2.39. The van der Waals surface area contributed by atoms with Gasteiger partial charge in [-0.25, -0.2) is 4.98 Å². The molecule has 2 rings (SSSR count). The summed E-state index contributed by atoms with van der Waals surface area (Å²) in [6.07, 6.45) is 0. The Balaban J connectivity index is 2.69. The van der Waals surface area contributed by atoms with Crippen molar-refractivity contribution in [1.82, 2.24) is 9.97 Å². The van der Waals surface area contributed by atoms with Crippen LogP contribution in [0.3, 0.4) is 0 Å². The summed E-state index contributed by atoms with van der Waals surface area (Å²) in [7, 11) is 1.63. The number of nitrogens with one attached hydrogen (secondary N) is 1. The number of imidazole rings is 1. The number of aromatic nitrogens is 2. The number of benzene rings is 1. The molecule has 1 aromatic carbocycles. The number of ether oxygens (including phenoxy) is 1. The lowest BCUT2D eigenvalue weighted by atomic mass is 10.1. The van der Waals surface area contributed by atoms with E-state index in [0.717, 1.165) is 28.3 Å². The second-order valence-corrected chi connectivity index (χ2v) is 5.05. The molecule has 18 heavy (non-hydrogen) atoms. The van der Waals surface area contributed by atoms with Crippen LogP contribution < -0.4 is 10.5 Å². The van der Waals surface area contributed by atoms with Gasteiger partial charge < -0.3 is 15.5 Å². The van der Waals surface area contributed by atoms with Crippen molar-refractivity contribution in [1.29, 1.82) is 0 Å². The van der Waals surface area contributed by atoms with Gasteiger partial charge in [-0.3, -0.25) is 0 Å². The van der Waals surface area contributed by atoms with Gasteiger partial charge >= 0.3 is 0 Å². The first-order valence-corrected chi connectivity index (χ1v) is 6.53. The van der Waals surface area contributed by atoms with Crippen LogP contribution in [0.5, 0.6) is 5.75 Å². The Morgan fingerprint density at radius 3 is 2.83 bits per heavy atom. The maximum Gasteiger partial charge on any atom is 0.175 e. The predicted molar refractivity (Wildman–Crippen MR) is 75.9 cm³/mol. The van der Waals surface area contributed by atoms with E-state index < -0.39 is 0 Å². The summed E-state index contributed by atoms with van der Waals surface area (Å²) in [4.78, 5) is 7.45. The molecule has 4 nitrogen and oxygen atoms in total. The van der Waals surface area contributed by atoms with Crippen LogP contribution in [0.2, 0.25) is 5.02 Å². The predicted octanol–water partition coefficient (Wildman–Crippen LogP) is 3.27. The van der Waals surface area contributed by atoms with Crippen LogP contribution in [0, 0.1) is 6.92 Å². The summed E-state index contributed by atoms with van der Waals surface area (Å²) in [5.41, 5.74) is 9.09. The maximum absolute atomic E-state index is 6.09. The van der Waals surface area contributed by atoms with Crippen molar-refractivity contribution in [3.63, 3.8) is 0 Å². The molecule has 96 valence electrons. The maximum atomic E-state index is 6.09.